The molecule has 9 nitrogen and oxygen atoms in total. The summed E-state index contributed by atoms with van der Waals surface area (Å²) in [5, 5.41) is 15.0. The Hall–Kier alpha value is -3.72. The van der Waals surface area contributed by atoms with Gasteiger partial charge < -0.3 is 30.0 Å². The molecule has 1 amide bonds. The van der Waals surface area contributed by atoms with E-state index in [0.29, 0.717) is 50.6 Å². The number of amides is 1. The number of aliphatic carboxylic acids is 1. The molecule has 1 saturated carbocycles. The molecule has 38 heavy (non-hydrogen) atoms. The Kier molecular flexibility index (Phi) is 9.12. The third-order valence-corrected chi connectivity index (χ3v) is 7.28. The van der Waals surface area contributed by atoms with Crippen molar-refractivity contribution in [1.29, 1.82) is 0 Å². The van der Waals surface area contributed by atoms with E-state index in [1.54, 1.807) is 20.4 Å². The second-order valence-electron chi connectivity index (χ2n) is 9.72. The van der Waals surface area contributed by atoms with Crippen molar-refractivity contribution in [3.63, 3.8) is 0 Å². The molecular formula is C29H37N3O6. The molecule has 1 aliphatic heterocycles. The van der Waals surface area contributed by atoms with Gasteiger partial charge in [-0.1, -0.05) is 18.2 Å². The third-order valence-electron chi connectivity index (χ3n) is 7.28. The van der Waals surface area contributed by atoms with Crippen LogP contribution >= 0.6 is 0 Å². The molecule has 3 N–H and O–H groups in total. The lowest BCUT2D eigenvalue weighted by atomic mass is 9.78. The number of ether oxygens (including phenoxy) is 3. The van der Waals surface area contributed by atoms with Crippen LogP contribution in [-0.4, -0.2) is 61.8 Å². The zero-order valence-electron chi connectivity index (χ0n) is 22.2. The Bertz CT molecular complexity index is 1160. The van der Waals surface area contributed by atoms with Crippen molar-refractivity contribution in [3.8, 4) is 17.2 Å². The number of fused-ring (bicyclic) bond motifs is 1. The fourth-order valence-corrected chi connectivity index (χ4v) is 4.99. The maximum Gasteiger partial charge on any atom is 0.306 e. The van der Waals surface area contributed by atoms with Crippen LogP contribution < -0.4 is 24.8 Å². The van der Waals surface area contributed by atoms with E-state index < -0.39 is 5.97 Å². The summed E-state index contributed by atoms with van der Waals surface area (Å²) in [7, 11) is 3.33. The lowest BCUT2D eigenvalue weighted by Gasteiger charge is -2.44. The molecule has 1 fully saturated rings. The molecule has 0 bridgehead atoms. The van der Waals surface area contributed by atoms with Gasteiger partial charge in [0.15, 0.2) is 11.5 Å². The van der Waals surface area contributed by atoms with E-state index >= 15 is 0 Å². The molecule has 1 unspecified atom stereocenters. The number of rotatable bonds is 13. The average molecular weight is 524 g/mol. The van der Waals surface area contributed by atoms with Crippen molar-refractivity contribution in [2.75, 3.05) is 33.9 Å². The highest BCUT2D eigenvalue weighted by Gasteiger charge is 2.40. The number of carboxylic acids is 1. The number of carboxylic acid groups (broad SMARTS) is 1. The van der Waals surface area contributed by atoms with Gasteiger partial charge in [0.1, 0.15) is 12.4 Å². The predicted molar refractivity (Wildman–Crippen MR) is 143 cm³/mol. The standard InChI is InChI=1S/C29H37N3O6/c1-19(21-5-7-25-22(15-21)9-12-37-25)32(24-16-23(17-24)29(34)35)18-20-4-6-26(27(14-20)36-3)38-13-11-31-28(33)8-10-30-2/h4-8,10,14-15,19,23-24,30H,9,11-13,16-18H2,1-3H3,(H,31,33)(H,34,35)/b10-8-/t19?,23-,24-. The molecule has 0 aromatic heterocycles. The van der Waals surface area contributed by atoms with Crippen LogP contribution in [0.2, 0.25) is 0 Å². The molecule has 2 aliphatic rings. The van der Waals surface area contributed by atoms with E-state index in [1.807, 2.05) is 24.3 Å². The zero-order valence-corrected chi connectivity index (χ0v) is 22.2. The summed E-state index contributed by atoms with van der Waals surface area (Å²) in [6.45, 7) is 4.21. The van der Waals surface area contributed by atoms with E-state index in [1.165, 1.54) is 17.2 Å². The van der Waals surface area contributed by atoms with E-state index in [4.69, 9.17) is 14.2 Å². The predicted octanol–water partition coefficient (Wildman–Crippen LogP) is 3.28. The Morgan fingerprint density at radius 1 is 1.21 bits per heavy atom. The highest BCUT2D eigenvalue weighted by Crippen LogP contribution is 2.39. The van der Waals surface area contributed by atoms with Crippen molar-refractivity contribution in [1.82, 2.24) is 15.5 Å². The highest BCUT2D eigenvalue weighted by molar-refractivity contribution is 5.87. The first-order chi connectivity index (χ1) is 18.4. The Morgan fingerprint density at radius 3 is 2.76 bits per heavy atom. The first-order valence-corrected chi connectivity index (χ1v) is 13.0. The SMILES string of the molecule is CN/C=C\C(=O)NCCOc1ccc(CN(C(C)c2ccc3c(c2)CCO3)[C@H]2C[C@H](C(=O)O)C2)cc1OC. The van der Waals surface area contributed by atoms with Gasteiger partial charge in [-0.15, -0.1) is 0 Å². The maximum absolute atomic E-state index is 11.7. The lowest BCUT2D eigenvalue weighted by molar-refractivity contribution is -0.147. The molecule has 4 rings (SSSR count). The maximum atomic E-state index is 11.7. The van der Waals surface area contributed by atoms with E-state index in [-0.39, 0.29) is 23.9 Å². The number of carbonyl (C=O) groups excluding carboxylic acids is 1. The monoisotopic (exact) mass is 523 g/mol. The summed E-state index contributed by atoms with van der Waals surface area (Å²) in [6.07, 6.45) is 5.17. The minimum absolute atomic E-state index is 0.100. The first kappa shape index (κ1) is 27.3. The lowest BCUT2D eigenvalue weighted by Crippen LogP contribution is -2.47. The number of nitrogens with zero attached hydrogens (tertiary/aromatic N) is 1. The molecule has 9 heteroatoms. The van der Waals surface area contributed by atoms with Crippen molar-refractivity contribution < 1.29 is 28.9 Å². The minimum atomic E-state index is -0.721. The highest BCUT2D eigenvalue weighted by atomic mass is 16.5. The molecule has 0 saturated heterocycles. The largest absolute Gasteiger partial charge is 0.493 e. The van der Waals surface area contributed by atoms with Crippen molar-refractivity contribution >= 4 is 11.9 Å². The Balaban J connectivity index is 1.44. The molecule has 0 spiro atoms. The van der Waals surface area contributed by atoms with Crippen molar-refractivity contribution in [2.45, 2.75) is 44.8 Å². The summed E-state index contributed by atoms with van der Waals surface area (Å²) in [4.78, 5) is 25.6. The van der Waals surface area contributed by atoms with E-state index in [2.05, 4.69) is 34.6 Å². The fourth-order valence-electron chi connectivity index (χ4n) is 4.99. The van der Waals surface area contributed by atoms with Crippen LogP contribution in [0.1, 0.15) is 42.5 Å². The molecule has 1 aliphatic carbocycles. The van der Waals surface area contributed by atoms with Gasteiger partial charge in [-0.25, -0.2) is 0 Å². The molecule has 0 radical (unpaired) electrons. The normalized spacial score (nSPS) is 18.8. The number of methoxy groups -OCH3 is 1. The smallest absolute Gasteiger partial charge is 0.306 e. The number of hydrogen-bond donors (Lipinski definition) is 3. The Morgan fingerprint density at radius 2 is 2.03 bits per heavy atom. The van der Waals surface area contributed by atoms with Gasteiger partial charge in [0.2, 0.25) is 5.91 Å². The molecule has 2 aromatic carbocycles. The summed E-state index contributed by atoms with van der Waals surface area (Å²) >= 11 is 0. The molecular weight excluding hydrogens is 486 g/mol. The number of benzene rings is 2. The van der Waals surface area contributed by atoms with Gasteiger partial charge in [0.05, 0.1) is 26.2 Å². The van der Waals surface area contributed by atoms with Gasteiger partial charge in [-0.05, 0) is 54.7 Å². The number of hydrogen-bond acceptors (Lipinski definition) is 7. The molecule has 1 atom stereocenters. The van der Waals surface area contributed by atoms with Gasteiger partial charge in [-0.2, -0.15) is 0 Å². The van der Waals surface area contributed by atoms with Gasteiger partial charge >= 0.3 is 5.97 Å². The third kappa shape index (κ3) is 6.58. The molecule has 204 valence electrons. The fraction of sp³-hybridized carbons (Fsp3) is 0.448. The Labute approximate surface area is 223 Å². The van der Waals surface area contributed by atoms with Gasteiger partial charge in [0, 0.05) is 44.4 Å². The number of carbonyl (C=O) groups is 2. The second-order valence-corrected chi connectivity index (χ2v) is 9.72. The number of nitrogens with one attached hydrogen (secondary N) is 2. The van der Waals surface area contributed by atoms with Gasteiger partial charge in [-0.3, -0.25) is 14.5 Å². The summed E-state index contributed by atoms with van der Waals surface area (Å²) in [5.74, 6) is 0.962. The van der Waals surface area contributed by atoms with E-state index in [9.17, 15) is 14.7 Å². The summed E-state index contributed by atoms with van der Waals surface area (Å²) in [5.41, 5.74) is 3.48. The van der Waals surface area contributed by atoms with Crippen LogP contribution in [0.25, 0.3) is 0 Å². The van der Waals surface area contributed by atoms with Crippen molar-refractivity contribution in [2.24, 2.45) is 5.92 Å². The molecule has 1 heterocycles. The van der Waals surface area contributed by atoms with Crippen LogP contribution in [0, 0.1) is 5.92 Å². The average Bonchev–Trinajstić information content (AvgIpc) is 3.36. The first-order valence-electron chi connectivity index (χ1n) is 13.0. The van der Waals surface area contributed by atoms with Gasteiger partial charge in [0.25, 0.3) is 0 Å². The van der Waals surface area contributed by atoms with E-state index in [0.717, 1.165) is 17.7 Å². The summed E-state index contributed by atoms with van der Waals surface area (Å²) in [6, 6.07) is 12.5. The van der Waals surface area contributed by atoms with Crippen LogP contribution in [-0.2, 0) is 22.6 Å². The zero-order chi connectivity index (χ0) is 27.1. The van der Waals surface area contributed by atoms with Crippen molar-refractivity contribution in [3.05, 3.63) is 65.4 Å². The van der Waals surface area contributed by atoms with Crippen LogP contribution in [0.3, 0.4) is 0 Å². The topological polar surface area (TPSA) is 109 Å². The van der Waals surface area contributed by atoms with Crippen LogP contribution in [0.5, 0.6) is 17.2 Å². The quantitative estimate of drug-likeness (QED) is 0.271. The molecule has 2 aromatic rings. The van der Waals surface area contributed by atoms with Crippen LogP contribution in [0.4, 0.5) is 0 Å². The summed E-state index contributed by atoms with van der Waals surface area (Å²) < 4.78 is 17.1. The second kappa shape index (κ2) is 12.7. The minimum Gasteiger partial charge on any atom is -0.493 e. The van der Waals surface area contributed by atoms with Crippen LogP contribution in [0.15, 0.2) is 48.7 Å².